The summed E-state index contributed by atoms with van der Waals surface area (Å²) < 4.78 is 17.5. The second-order valence-corrected chi connectivity index (χ2v) is 4.93. The second-order valence-electron chi connectivity index (χ2n) is 3.66. The van der Waals surface area contributed by atoms with Crippen LogP contribution in [0, 0.1) is 0 Å². The fourth-order valence-electron chi connectivity index (χ4n) is 1.56. The molecule has 1 heterocycles. The highest BCUT2D eigenvalue weighted by molar-refractivity contribution is 7.38. The first-order chi connectivity index (χ1) is 8.18. The molecule has 90 valence electrons. The van der Waals surface area contributed by atoms with Crippen molar-refractivity contribution in [1.29, 1.82) is 0 Å². The van der Waals surface area contributed by atoms with Crippen molar-refractivity contribution in [2.45, 2.75) is 19.4 Å². The van der Waals surface area contributed by atoms with Gasteiger partial charge in [0.2, 0.25) is 11.8 Å². The first kappa shape index (κ1) is 12.0. The van der Waals surface area contributed by atoms with E-state index >= 15 is 0 Å². The van der Waals surface area contributed by atoms with Crippen molar-refractivity contribution in [3.05, 3.63) is 35.9 Å². The predicted molar refractivity (Wildman–Crippen MR) is 61.3 cm³/mol. The first-order valence-corrected chi connectivity index (χ1v) is 6.51. The molecule has 0 aliphatic carbocycles. The van der Waals surface area contributed by atoms with Gasteiger partial charge in [-0.15, -0.1) is 0 Å². The third-order valence-corrected chi connectivity index (χ3v) is 3.69. The maximum absolute atomic E-state index is 11.7. The molecule has 1 unspecified atom stereocenters. The molecular weight excluding hydrogens is 241 g/mol. The van der Waals surface area contributed by atoms with Crippen molar-refractivity contribution in [2.24, 2.45) is 0 Å². The largest absolute Gasteiger partial charge is 0.310 e. The topological polar surface area (TPSA) is 63.7 Å². The molecule has 1 saturated heterocycles. The number of rotatable bonds is 4. The van der Waals surface area contributed by atoms with Crippen molar-refractivity contribution >= 4 is 20.0 Å². The molecular formula is C11H12NO4P. The summed E-state index contributed by atoms with van der Waals surface area (Å²) in [6, 6.07) is 9.18. The van der Waals surface area contributed by atoms with Crippen LogP contribution in [0.2, 0.25) is 0 Å². The van der Waals surface area contributed by atoms with Crippen molar-refractivity contribution in [3.8, 4) is 0 Å². The Kier molecular flexibility index (Phi) is 3.71. The van der Waals surface area contributed by atoms with Gasteiger partial charge in [0.1, 0.15) is 0 Å². The van der Waals surface area contributed by atoms with E-state index < -0.39 is 20.0 Å². The van der Waals surface area contributed by atoms with Crippen LogP contribution in [0.25, 0.3) is 0 Å². The maximum Gasteiger partial charge on any atom is 0.294 e. The van der Waals surface area contributed by atoms with Crippen LogP contribution in [0.15, 0.2) is 30.3 Å². The van der Waals surface area contributed by atoms with E-state index in [-0.39, 0.29) is 19.4 Å². The van der Waals surface area contributed by atoms with E-state index in [1.54, 1.807) is 0 Å². The zero-order valence-corrected chi connectivity index (χ0v) is 10.1. The van der Waals surface area contributed by atoms with Gasteiger partial charge in [0.25, 0.3) is 8.18 Å². The highest BCUT2D eigenvalue weighted by Gasteiger charge is 2.33. The lowest BCUT2D eigenvalue weighted by molar-refractivity contribution is -0.132. The lowest BCUT2D eigenvalue weighted by Crippen LogP contribution is -2.21. The van der Waals surface area contributed by atoms with Crippen LogP contribution >= 0.6 is 8.18 Å². The van der Waals surface area contributed by atoms with Crippen molar-refractivity contribution in [2.75, 3.05) is 0 Å². The summed E-state index contributed by atoms with van der Waals surface area (Å²) in [4.78, 5) is 22.6. The molecule has 2 rings (SSSR count). The monoisotopic (exact) mass is 253 g/mol. The molecule has 1 aliphatic rings. The van der Waals surface area contributed by atoms with Crippen molar-refractivity contribution in [1.82, 2.24) is 4.67 Å². The molecule has 6 heteroatoms. The number of amides is 2. The number of hydrogen-bond donors (Lipinski definition) is 0. The number of nitrogens with zero attached hydrogens (tertiary/aromatic N) is 1. The first-order valence-electron chi connectivity index (χ1n) is 5.25. The number of imide groups is 1. The summed E-state index contributed by atoms with van der Waals surface area (Å²) in [5.41, 5.74) is 0.852. The molecule has 1 aromatic carbocycles. The minimum atomic E-state index is -2.78. The van der Waals surface area contributed by atoms with E-state index in [1.165, 1.54) is 0 Å². The van der Waals surface area contributed by atoms with Crippen LogP contribution in [0.3, 0.4) is 0 Å². The molecule has 1 atom stereocenters. The van der Waals surface area contributed by atoms with Gasteiger partial charge in [-0.1, -0.05) is 30.3 Å². The minimum absolute atomic E-state index is 0.129. The molecule has 0 aromatic heterocycles. The Bertz CT molecular complexity index is 444. The maximum atomic E-state index is 11.7. The summed E-state index contributed by atoms with van der Waals surface area (Å²) in [7, 11) is -2.78. The predicted octanol–water partition coefficient (Wildman–Crippen LogP) is 1.74. The van der Waals surface area contributed by atoms with E-state index in [0.29, 0.717) is 0 Å². The molecule has 1 aromatic rings. The normalized spacial score (nSPS) is 17.5. The van der Waals surface area contributed by atoms with Crippen molar-refractivity contribution < 1.29 is 18.7 Å². The van der Waals surface area contributed by atoms with Gasteiger partial charge in [-0.3, -0.25) is 14.2 Å². The molecule has 1 fully saturated rings. The number of carbonyl (C=O) groups excluding carboxylic acids is 2. The number of carbonyl (C=O) groups is 2. The molecule has 0 bridgehead atoms. The summed E-state index contributed by atoms with van der Waals surface area (Å²) in [5, 5.41) is 0. The Labute approximate surface area is 99.3 Å². The zero-order chi connectivity index (χ0) is 12.3. The van der Waals surface area contributed by atoms with Crippen molar-refractivity contribution in [3.63, 3.8) is 0 Å². The molecule has 0 saturated carbocycles. The third-order valence-electron chi connectivity index (χ3n) is 2.44. The van der Waals surface area contributed by atoms with E-state index in [0.717, 1.165) is 10.2 Å². The summed E-state index contributed by atoms with van der Waals surface area (Å²) >= 11 is 0. The van der Waals surface area contributed by atoms with Gasteiger partial charge in [0.15, 0.2) is 0 Å². The summed E-state index contributed by atoms with van der Waals surface area (Å²) in [5.74, 6) is -0.820. The lowest BCUT2D eigenvalue weighted by Gasteiger charge is -2.13. The molecule has 17 heavy (non-hydrogen) atoms. The van der Waals surface area contributed by atoms with E-state index in [9.17, 15) is 14.2 Å². The molecule has 5 nitrogen and oxygen atoms in total. The summed E-state index contributed by atoms with van der Waals surface area (Å²) in [6.07, 6.45) is 0.258. The van der Waals surface area contributed by atoms with Crippen LogP contribution in [0.4, 0.5) is 0 Å². The fraction of sp³-hybridized carbons (Fsp3) is 0.273. The van der Waals surface area contributed by atoms with Gasteiger partial charge in [-0.25, -0.2) is 4.67 Å². The van der Waals surface area contributed by atoms with E-state index in [1.807, 2.05) is 30.3 Å². The van der Waals surface area contributed by atoms with Gasteiger partial charge in [-0.2, -0.15) is 0 Å². The lowest BCUT2D eigenvalue weighted by atomic mass is 10.2. The minimum Gasteiger partial charge on any atom is -0.310 e. The Morgan fingerprint density at radius 2 is 1.71 bits per heavy atom. The average Bonchev–Trinajstić information content (AvgIpc) is 2.67. The van der Waals surface area contributed by atoms with Gasteiger partial charge >= 0.3 is 0 Å². The Hall–Kier alpha value is -1.45. The number of benzene rings is 1. The zero-order valence-electron chi connectivity index (χ0n) is 9.09. The molecule has 0 spiro atoms. The van der Waals surface area contributed by atoms with Gasteiger partial charge in [0, 0.05) is 12.8 Å². The Morgan fingerprint density at radius 1 is 1.12 bits per heavy atom. The van der Waals surface area contributed by atoms with Gasteiger partial charge < -0.3 is 4.52 Å². The van der Waals surface area contributed by atoms with Gasteiger partial charge in [-0.05, 0) is 5.56 Å². The molecule has 1 aliphatic heterocycles. The highest BCUT2D eigenvalue weighted by Crippen LogP contribution is 2.34. The quantitative estimate of drug-likeness (QED) is 0.605. The SMILES string of the molecule is O=C1CCC(=O)N1[PH](=O)OCc1ccccc1. The standard InChI is InChI=1S/C11H12NO4P/c13-10-6-7-11(14)12(10)17(15)16-8-9-4-2-1-3-5-9/h1-5,17H,6-8H2. The van der Waals surface area contributed by atoms with E-state index in [4.69, 9.17) is 4.52 Å². The van der Waals surface area contributed by atoms with Gasteiger partial charge in [0.05, 0.1) is 6.61 Å². The Balaban J connectivity index is 1.94. The van der Waals surface area contributed by atoms with Crippen LogP contribution in [0.1, 0.15) is 18.4 Å². The molecule has 0 N–H and O–H groups in total. The van der Waals surface area contributed by atoms with E-state index in [2.05, 4.69) is 0 Å². The molecule has 0 radical (unpaired) electrons. The average molecular weight is 253 g/mol. The second kappa shape index (κ2) is 5.25. The Morgan fingerprint density at radius 3 is 2.29 bits per heavy atom. The number of hydrogen-bond acceptors (Lipinski definition) is 4. The smallest absolute Gasteiger partial charge is 0.294 e. The fourth-order valence-corrected chi connectivity index (χ4v) is 2.61. The molecule has 2 amide bonds. The van der Waals surface area contributed by atoms with Crippen LogP contribution < -0.4 is 0 Å². The third kappa shape index (κ3) is 2.81. The highest BCUT2D eigenvalue weighted by atomic mass is 31.1. The summed E-state index contributed by atoms with van der Waals surface area (Å²) in [6.45, 7) is 0.135. The van der Waals surface area contributed by atoms with Crippen LogP contribution in [-0.2, 0) is 25.3 Å². The van der Waals surface area contributed by atoms with Crippen LogP contribution in [-0.4, -0.2) is 16.5 Å². The van der Waals surface area contributed by atoms with Crippen LogP contribution in [0.5, 0.6) is 0 Å².